The second-order valence-corrected chi connectivity index (χ2v) is 9.06. The second-order valence-electron chi connectivity index (χ2n) is 8.14. The number of halogens is 2. The smallest absolute Gasteiger partial charge is 0.273 e. The molecule has 2 amide bonds. The van der Waals surface area contributed by atoms with Crippen molar-refractivity contribution >= 4 is 27.7 Å². The Labute approximate surface area is 210 Å². The third-order valence-electron chi connectivity index (χ3n) is 5.35. The summed E-state index contributed by atoms with van der Waals surface area (Å²) in [6.07, 6.45) is 0. The molecule has 178 valence electrons. The van der Waals surface area contributed by atoms with Crippen molar-refractivity contribution < 1.29 is 18.5 Å². The van der Waals surface area contributed by atoms with E-state index in [9.17, 15) is 14.0 Å². The van der Waals surface area contributed by atoms with Crippen molar-refractivity contribution in [2.24, 2.45) is 0 Å². The maximum Gasteiger partial charge on any atom is 0.273 e. The Morgan fingerprint density at radius 1 is 0.971 bits per heavy atom. The highest BCUT2D eigenvalue weighted by Crippen LogP contribution is 2.18. The third-order valence-corrected chi connectivity index (χ3v) is 5.85. The summed E-state index contributed by atoms with van der Waals surface area (Å²) >= 11 is 3.47. The number of carbonyl (C=O) groups excluding carboxylic acids is 2. The minimum atomic E-state index is -0.423. The molecule has 0 unspecified atom stereocenters. The van der Waals surface area contributed by atoms with Crippen LogP contribution in [0.2, 0.25) is 0 Å². The monoisotopic (exact) mass is 535 g/mol. The molecule has 0 saturated carbocycles. The molecule has 0 radical (unpaired) electrons. The average molecular weight is 536 g/mol. The van der Waals surface area contributed by atoms with E-state index >= 15 is 0 Å². The number of amides is 2. The van der Waals surface area contributed by atoms with E-state index in [1.165, 1.54) is 18.2 Å². The summed E-state index contributed by atoms with van der Waals surface area (Å²) < 4.78 is 19.4. The number of carbonyl (C=O) groups is 2. The van der Waals surface area contributed by atoms with E-state index in [1.54, 1.807) is 29.2 Å². The van der Waals surface area contributed by atoms with Gasteiger partial charge in [0.1, 0.15) is 5.82 Å². The van der Waals surface area contributed by atoms with E-state index in [1.807, 2.05) is 43.3 Å². The molecule has 35 heavy (non-hydrogen) atoms. The largest absolute Gasteiger partial charge is 0.359 e. The molecule has 4 aromatic rings. The third kappa shape index (κ3) is 6.64. The molecule has 0 bridgehead atoms. The molecule has 4 rings (SSSR count). The predicted octanol–water partition coefficient (Wildman–Crippen LogP) is 5.66. The van der Waals surface area contributed by atoms with Crippen molar-refractivity contribution in [3.8, 4) is 0 Å². The zero-order valence-corrected chi connectivity index (χ0v) is 20.6. The maximum absolute atomic E-state index is 13.3. The average Bonchev–Trinajstić information content (AvgIpc) is 3.32. The number of nitrogens with one attached hydrogen (secondary N) is 1. The van der Waals surface area contributed by atoms with Crippen LogP contribution in [-0.4, -0.2) is 21.9 Å². The van der Waals surface area contributed by atoms with Gasteiger partial charge in [0.05, 0.1) is 6.54 Å². The first-order chi connectivity index (χ1) is 16.9. The number of hydrogen-bond acceptors (Lipinski definition) is 4. The van der Waals surface area contributed by atoms with Crippen molar-refractivity contribution in [2.75, 3.05) is 0 Å². The van der Waals surface area contributed by atoms with E-state index in [0.717, 1.165) is 21.2 Å². The van der Waals surface area contributed by atoms with Gasteiger partial charge in [-0.1, -0.05) is 63.0 Å². The van der Waals surface area contributed by atoms with E-state index in [2.05, 4.69) is 26.4 Å². The highest BCUT2D eigenvalue weighted by atomic mass is 79.9. The first-order valence-electron chi connectivity index (χ1n) is 11.0. The lowest BCUT2D eigenvalue weighted by molar-refractivity contribution is 0.0713. The number of aromatic nitrogens is 1. The van der Waals surface area contributed by atoms with Gasteiger partial charge >= 0.3 is 0 Å². The Morgan fingerprint density at radius 2 is 1.71 bits per heavy atom. The highest BCUT2D eigenvalue weighted by molar-refractivity contribution is 9.10. The Morgan fingerprint density at radius 3 is 2.43 bits per heavy atom. The van der Waals surface area contributed by atoms with Crippen LogP contribution in [-0.2, 0) is 19.6 Å². The van der Waals surface area contributed by atoms with Crippen LogP contribution >= 0.6 is 15.9 Å². The Hall–Kier alpha value is -3.78. The van der Waals surface area contributed by atoms with E-state index < -0.39 is 5.91 Å². The Balaban J connectivity index is 1.48. The topological polar surface area (TPSA) is 75.4 Å². The van der Waals surface area contributed by atoms with Gasteiger partial charge in [0.15, 0.2) is 11.5 Å². The van der Waals surface area contributed by atoms with Crippen molar-refractivity contribution in [1.82, 2.24) is 15.4 Å². The van der Waals surface area contributed by atoms with E-state index in [0.29, 0.717) is 17.9 Å². The molecule has 0 fully saturated rings. The first-order valence-corrected chi connectivity index (χ1v) is 11.8. The van der Waals surface area contributed by atoms with Gasteiger partial charge < -0.3 is 14.7 Å². The van der Waals surface area contributed by atoms with E-state index in [4.69, 9.17) is 4.52 Å². The molecule has 0 aliphatic rings. The summed E-state index contributed by atoms with van der Waals surface area (Å²) in [6, 6.07) is 22.5. The zero-order valence-electron chi connectivity index (χ0n) is 19.0. The summed E-state index contributed by atoms with van der Waals surface area (Å²) in [7, 11) is 0. The summed E-state index contributed by atoms with van der Waals surface area (Å²) in [5, 5.41) is 6.60. The van der Waals surface area contributed by atoms with Crippen molar-refractivity contribution in [3.63, 3.8) is 0 Å². The lowest BCUT2D eigenvalue weighted by atomic mass is 10.1. The molecule has 1 heterocycles. The van der Waals surface area contributed by atoms with Crippen LogP contribution in [0.15, 0.2) is 87.9 Å². The predicted molar refractivity (Wildman–Crippen MR) is 133 cm³/mol. The summed E-state index contributed by atoms with van der Waals surface area (Å²) in [4.78, 5) is 27.5. The number of hydrogen-bond donors (Lipinski definition) is 1. The van der Waals surface area contributed by atoms with Crippen molar-refractivity contribution in [1.29, 1.82) is 0 Å². The van der Waals surface area contributed by atoms with Gasteiger partial charge in [0.25, 0.3) is 11.8 Å². The molecule has 6 nitrogen and oxygen atoms in total. The lowest BCUT2D eigenvalue weighted by Gasteiger charge is -2.22. The molecule has 1 N–H and O–H groups in total. The molecule has 8 heteroatoms. The van der Waals surface area contributed by atoms with Crippen LogP contribution in [0, 0.1) is 12.7 Å². The standard InChI is InChI=1S/C27H23BrFN3O3/c1-18-5-9-21(10-6-18)27(34)32(16-20-3-2-4-22(28)13-20)17-24-14-25(31-35-24)26(33)30-15-19-7-11-23(29)12-8-19/h2-14H,15-17H2,1H3,(H,30,33). The molecule has 3 aromatic carbocycles. The summed E-state index contributed by atoms with van der Waals surface area (Å²) in [6.45, 7) is 2.67. The maximum atomic E-state index is 13.3. The molecule has 0 atom stereocenters. The van der Waals surface area contributed by atoms with Gasteiger partial charge in [-0.3, -0.25) is 9.59 Å². The van der Waals surface area contributed by atoms with Crippen LogP contribution in [0.3, 0.4) is 0 Å². The number of rotatable bonds is 8. The number of nitrogens with zero attached hydrogens (tertiary/aromatic N) is 2. The molecule has 0 aliphatic heterocycles. The SMILES string of the molecule is Cc1ccc(C(=O)N(Cc2cccc(Br)c2)Cc2cc(C(=O)NCc3ccc(F)cc3)no2)cc1. The van der Waals surface area contributed by atoms with Crippen LogP contribution in [0.4, 0.5) is 4.39 Å². The van der Waals surface area contributed by atoms with Crippen LogP contribution < -0.4 is 5.32 Å². The van der Waals surface area contributed by atoms with Crippen LogP contribution in [0.25, 0.3) is 0 Å². The molecule has 0 spiro atoms. The Bertz CT molecular complexity index is 1320. The molecule has 1 aromatic heterocycles. The number of benzene rings is 3. The second kappa shape index (κ2) is 11.1. The molecule has 0 saturated heterocycles. The van der Waals surface area contributed by atoms with Gasteiger partial charge in [-0.2, -0.15) is 0 Å². The molecular formula is C27H23BrFN3O3. The normalized spacial score (nSPS) is 10.7. The van der Waals surface area contributed by atoms with Gasteiger partial charge in [-0.05, 0) is 54.4 Å². The highest BCUT2D eigenvalue weighted by Gasteiger charge is 2.20. The van der Waals surface area contributed by atoms with Crippen molar-refractivity contribution in [2.45, 2.75) is 26.6 Å². The van der Waals surface area contributed by atoms with Gasteiger partial charge in [0, 0.05) is 29.2 Å². The van der Waals surface area contributed by atoms with Crippen LogP contribution in [0.1, 0.15) is 43.3 Å². The summed E-state index contributed by atoms with van der Waals surface area (Å²) in [5.41, 5.74) is 3.42. The number of aryl methyl sites for hydroxylation is 1. The minimum absolute atomic E-state index is 0.104. The molecular weight excluding hydrogens is 513 g/mol. The fourth-order valence-electron chi connectivity index (χ4n) is 3.49. The first kappa shape index (κ1) is 24.3. The van der Waals surface area contributed by atoms with Gasteiger partial charge in [-0.15, -0.1) is 0 Å². The molecule has 0 aliphatic carbocycles. The van der Waals surface area contributed by atoms with Gasteiger partial charge in [0.2, 0.25) is 0 Å². The van der Waals surface area contributed by atoms with E-state index in [-0.39, 0.29) is 30.5 Å². The fourth-order valence-corrected chi connectivity index (χ4v) is 3.94. The quantitative estimate of drug-likeness (QED) is 0.316. The minimum Gasteiger partial charge on any atom is -0.359 e. The lowest BCUT2D eigenvalue weighted by Crippen LogP contribution is -2.30. The summed E-state index contributed by atoms with van der Waals surface area (Å²) in [5.74, 6) is -0.544. The zero-order chi connectivity index (χ0) is 24.8. The van der Waals surface area contributed by atoms with Crippen molar-refractivity contribution in [3.05, 3.63) is 123 Å². The van der Waals surface area contributed by atoms with Crippen LogP contribution in [0.5, 0.6) is 0 Å². The Kier molecular flexibility index (Phi) is 7.72. The fraction of sp³-hybridized carbons (Fsp3) is 0.148. The van der Waals surface area contributed by atoms with Gasteiger partial charge in [-0.25, -0.2) is 4.39 Å².